The summed E-state index contributed by atoms with van der Waals surface area (Å²) in [5, 5.41) is 16.4. The topological polar surface area (TPSA) is 85.2 Å². The van der Waals surface area contributed by atoms with Crippen LogP contribution < -0.4 is 5.73 Å². The zero-order chi connectivity index (χ0) is 9.19. The lowest BCUT2D eigenvalue weighted by Crippen LogP contribution is -2.23. The third kappa shape index (κ3) is 1.12. The molecule has 0 aromatic carbocycles. The van der Waals surface area contributed by atoms with Gasteiger partial charge >= 0.3 is 0 Å². The van der Waals surface area contributed by atoms with E-state index in [9.17, 15) is 5.11 Å². The molecule has 0 aliphatic rings. The summed E-state index contributed by atoms with van der Waals surface area (Å²) in [5.74, 6) is 2.21. The first-order valence-corrected chi connectivity index (χ1v) is 3.42. The number of anilines is 1. The zero-order valence-corrected chi connectivity index (χ0v) is 6.61. The summed E-state index contributed by atoms with van der Waals surface area (Å²) >= 11 is 0. The third-order valence-electron chi connectivity index (χ3n) is 1.66. The van der Waals surface area contributed by atoms with Crippen LogP contribution in [0.1, 0.15) is 19.0 Å². The molecule has 1 aromatic heterocycles. The molecule has 0 amide bonds. The van der Waals surface area contributed by atoms with Gasteiger partial charge in [0.15, 0.2) is 17.1 Å². The van der Waals surface area contributed by atoms with Crippen LogP contribution in [0.3, 0.4) is 0 Å². The van der Waals surface area contributed by atoms with Crippen molar-refractivity contribution in [2.45, 2.75) is 18.9 Å². The van der Waals surface area contributed by atoms with E-state index in [0.717, 1.165) is 0 Å². The predicted octanol–water partition coefficient (Wildman–Crippen LogP) is -0.117. The molecule has 0 saturated heterocycles. The Kier molecular flexibility index (Phi) is 2.02. The van der Waals surface area contributed by atoms with Crippen molar-refractivity contribution in [1.29, 1.82) is 0 Å². The number of nitrogens with two attached hydrogens (primary N) is 1. The quantitative estimate of drug-likeness (QED) is 0.600. The molecule has 0 fully saturated rings. The summed E-state index contributed by atoms with van der Waals surface area (Å²) < 4.78 is 4.31. The SMILES string of the molecule is C#CC(O)(CC)c1nonc1N. The van der Waals surface area contributed by atoms with E-state index in [4.69, 9.17) is 12.2 Å². The van der Waals surface area contributed by atoms with Gasteiger partial charge in [-0.25, -0.2) is 4.63 Å². The molecular weight excluding hydrogens is 158 g/mol. The Labute approximate surface area is 69.5 Å². The Hall–Kier alpha value is -1.54. The van der Waals surface area contributed by atoms with E-state index < -0.39 is 5.60 Å². The van der Waals surface area contributed by atoms with Crippen LogP contribution in [-0.2, 0) is 5.60 Å². The van der Waals surface area contributed by atoms with Crippen molar-refractivity contribution in [3.05, 3.63) is 5.69 Å². The summed E-state index contributed by atoms with van der Waals surface area (Å²) in [4.78, 5) is 0. The maximum Gasteiger partial charge on any atom is 0.195 e. The van der Waals surface area contributed by atoms with Gasteiger partial charge in [-0.2, -0.15) is 0 Å². The lowest BCUT2D eigenvalue weighted by molar-refractivity contribution is 0.0872. The highest BCUT2D eigenvalue weighted by Gasteiger charge is 2.31. The van der Waals surface area contributed by atoms with E-state index in [1.165, 1.54) is 0 Å². The number of hydrogen-bond donors (Lipinski definition) is 2. The molecule has 0 aliphatic heterocycles. The monoisotopic (exact) mass is 167 g/mol. The van der Waals surface area contributed by atoms with E-state index in [2.05, 4.69) is 20.9 Å². The van der Waals surface area contributed by atoms with E-state index in [-0.39, 0.29) is 11.5 Å². The van der Waals surface area contributed by atoms with Gasteiger partial charge < -0.3 is 10.8 Å². The molecule has 1 rings (SSSR count). The highest BCUT2D eigenvalue weighted by atomic mass is 16.6. The minimum Gasteiger partial charge on any atom is -0.379 e. The van der Waals surface area contributed by atoms with Crippen molar-refractivity contribution in [2.24, 2.45) is 0 Å². The van der Waals surface area contributed by atoms with Gasteiger partial charge in [0.25, 0.3) is 0 Å². The molecule has 0 radical (unpaired) electrons. The van der Waals surface area contributed by atoms with Crippen molar-refractivity contribution in [1.82, 2.24) is 10.3 Å². The van der Waals surface area contributed by atoms with Gasteiger partial charge in [-0.05, 0) is 16.7 Å². The van der Waals surface area contributed by atoms with Crippen LogP contribution in [0.25, 0.3) is 0 Å². The molecule has 1 heterocycles. The maximum absolute atomic E-state index is 9.69. The Morgan fingerprint density at radius 2 is 2.42 bits per heavy atom. The molecule has 5 heteroatoms. The van der Waals surface area contributed by atoms with E-state index in [1.807, 2.05) is 0 Å². The molecule has 5 nitrogen and oxygen atoms in total. The van der Waals surface area contributed by atoms with Crippen molar-refractivity contribution < 1.29 is 9.74 Å². The number of aromatic nitrogens is 2. The minimum atomic E-state index is -1.47. The summed E-state index contributed by atoms with van der Waals surface area (Å²) in [5.41, 5.74) is 3.99. The van der Waals surface area contributed by atoms with Crippen LogP contribution in [-0.4, -0.2) is 15.4 Å². The second-order valence-electron chi connectivity index (χ2n) is 2.36. The second kappa shape index (κ2) is 2.83. The summed E-state index contributed by atoms with van der Waals surface area (Å²) in [6.07, 6.45) is 5.42. The van der Waals surface area contributed by atoms with Gasteiger partial charge in [-0.1, -0.05) is 12.8 Å². The Bertz CT molecular complexity index is 315. The van der Waals surface area contributed by atoms with Crippen molar-refractivity contribution in [3.8, 4) is 12.3 Å². The largest absolute Gasteiger partial charge is 0.379 e. The molecule has 1 atom stereocenters. The number of hydrogen-bond acceptors (Lipinski definition) is 5. The van der Waals surface area contributed by atoms with Crippen molar-refractivity contribution in [2.75, 3.05) is 5.73 Å². The van der Waals surface area contributed by atoms with E-state index in [0.29, 0.717) is 6.42 Å². The summed E-state index contributed by atoms with van der Waals surface area (Å²) in [7, 11) is 0. The van der Waals surface area contributed by atoms with Crippen LogP contribution in [0.5, 0.6) is 0 Å². The van der Waals surface area contributed by atoms with Crippen LogP contribution >= 0.6 is 0 Å². The zero-order valence-electron chi connectivity index (χ0n) is 6.61. The Morgan fingerprint density at radius 3 is 2.75 bits per heavy atom. The maximum atomic E-state index is 9.69. The van der Waals surface area contributed by atoms with E-state index >= 15 is 0 Å². The van der Waals surface area contributed by atoms with Gasteiger partial charge in [-0.15, -0.1) is 6.42 Å². The molecular formula is C7H9N3O2. The normalized spacial score (nSPS) is 15.1. The second-order valence-corrected chi connectivity index (χ2v) is 2.36. The average Bonchev–Trinajstić information content (AvgIpc) is 2.51. The summed E-state index contributed by atoms with van der Waals surface area (Å²) in [6, 6.07) is 0. The number of aliphatic hydroxyl groups is 1. The molecule has 0 bridgehead atoms. The number of nitrogen functional groups attached to an aromatic ring is 1. The molecule has 64 valence electrons. The van der Waals surface area contributed by atoms with Crippen LogP contribution in [0, 0.1) is 12.3 Å². The van der Waals surface area contributed by atoms with Gasteiger partial charge in [0, 0.05) is 0 Å². The first-order chi connectivity index (χ1) is 5.64. The van der Waals surface area contributed by atoms with E-state index in [1.54, 1.807) is 6.92 Å². The summed E-state index contributed by atoms with van der Waals surface area (Å²) in [6.45, 7) is 1.72. The van der Waals surface area contributed by atoms with Gasteiger partial charge in [-0.3, -0.25) is 0 Å². The number of rotatable bonds is 2. The fourth-order valence-electron chi connectivity index (χ4n) is 0.820. The van der Waals surface area contributed by atoms with Crippen LogP contribution in [0.4, 0.5) is 5.82 Å². The molecule has 1 aromatic rings. The first-order valence-electron chi connectivity index (χ1n) is 3.42. The number of nitrogens with zero attached hydrogens (tertiary/aromatic N) is 2. The highest BCUT2D eigenvalue weighted by Crippen LogP contribution is 2.25. The standard InChI is InChI=1S/C7H9N3O2/c1-3-7(11,4-2)5-6(8)10-12-9-5/h1,11H,4H2,2H3,(H2,8,10). The predicted molar refractivity (Wildman–Crippen MR) is 41.7 cm³/mol. The molecule has 0 aliphatic carbocycles. The molecule has 3 N–H and O–H groups in total. The smallest absolute Gasteiger partial charge is 0.195 e. The van der Waals surface area contributed by atoms with Crippen molar-refractivity contribution in [3.63, 3.8) is 0 Å². The van der Waals surface area contributed by atoms with Crippen molar-refractivity contribution >= 4 is 5.82 Å². The molecule has 0 spiro atoms. The molecule has 12 heavy (non-hydrogen) atoms. The van der Waals surface area contributed by atoms with Gasteiger partial charge in [0.1, 0.15) is 0 Å². The highest BCUT2D eigenvalue weighted by molar-refractivity contribution is 5.40. The Balaban J connectivity index is 3.13. The Morgan fingerprint density at radius 1 is 1.75 bits per heavy atom. The number of terminal acetylenes is 1. The van der Waals surface area contributed by atoms with Crippen LogP contribution in [0.2, 0.25) is 0 Å². The lowest BCUT2D eigenvalue weighted by Gasteiger charge is -2.15. The first kappa shape index (κ1) is 8.56. The van der Waals surface area contributed by atoms with Crippen LogP contribution in [0.15, 0.2) is 4.63 Å². The average molecular weight is 167 g/mol. The molecule has 0 saturated carbocycles. The van der Waals surface area contributed by atoms with Gasteiger partial charge in [0.2, 0.25) is 0 Å². The molecule has 1 unspecified atom stereocenters. The lowest BCUT2D eigenvalue weighted by atomic mass is 9.98. The minimum absolute atomic E-state index is 0.0253. The fourth-order valence-corrected chi connectivity index (χ4v) is 0.820. The van der Waals surface area contributed by atoms with Gasteiger partial charge in [0.05, 0.1) is 0 Å². The third-order valence-corrected chi connectivity index (χ3v) is 1.66. The fraction of sp³-hybridized carbons (Fsp3) is 0.429.